The number of hydrogen-bond acceptors (Lipinski definition) is 6. The molecule has 1 heterocycles. The van der Waals surface area contributed by atoms with Gasteiger partial charge in [0.1, 0.15) is 10.9 Å². The number of ether oxygens (including phenoxy) is 1. The van der Waals surface area contributed by atoms with E-state index in [-0.39, 0.29) is 18.1 Å². The number of rotatable bonds is 8. The van der Waals surface area contributed by atoms with Crippen molar-refractivity contribution in [2.75, 3.05) is 6.61 Å². The highest BCUT2D eigenvalue weighted by molar-refractivity contribution is 7.89. The van der Waals surface area contributed by atoms with E-state index < -0.39 is 32.7 Å². The highest BCUT2D eigenvalue weighted by Crippen LogP contribution is 2.30. The number of sulfonamides is 1. The zero-order valence-corrected chi connectivity index (χ0v) is 15.0. The van der Waals surface area contributed by atoms with Crippen molar-refractivity contribution in [2.45, 2.75) is 30.7 Å². The molecule has 136 valence electrons. The number of nitrogens with one attached hydrogen (secondary N) is 1. The first kappa shape index (κ1) is 19.3. The number of para-hydroxylation sites is 1. The number of esters is 1. The minimum Gasteiger partial charge on any atom is -0.505 e. The highest BCUT2D eigenvalue weighted by Gasteiger charge is 2.29. The lowest BCUT2D eigenvalue weighted by molar-refractivity contribution is -0.145. The molecule has 1 aromatic carbocycles. The molecule has 0 aliphatic carbocycles. The van der Waals surface area contributed by atoms with E-state index in [4.69, 9.17) is 20.8 Å². The number of aromatic hydroxyl groups is 1. The second-order valence-corrected chi connectivity index (χ2v) is 7.35. The summed E-state index contributed by atoms with van der Waals surface area (Å²) < 4.78 is 37.4. The van der Waals surface area contributed by atoms with Crippen molar-refractivity contribution in [1.29, 1.82) is 0 Å². The second kappa shape index (κ2) is 8.37. The Morgan fingerprint density at radius 3 is 2.80 bits per heavy atom. The number of furan rings is 1. The van der Waals surface area contributed by atoms with Gasteiger partial charge in [-0.3, -0.25) is 4.79 Å². The fraction of sp³-hybridized carbons (Fsp3) is 0.312. The topological polar surface area (TPSA) is 106 Å². The predicted octanol–water partition coefficient (Wildman–Crippen LogP) is 2.48. The maximum Gasteiger partial charge on any atom is 0.324 e. The lowest BCUT2D eigenvalue weighted by Crippen LogP contribution is -2.43. The monoisotopic (exact) mass is 387 g/mol. The normalized spacial score (nSPS) is 12.7. The van der Waals surface area contributed by atoms with Crippen LogP contribution < -0.4 is 4.72 Å². The van der Waals surface area contributed by atoms with Crippen molar-refractivity contribution in [1.82, 2.24) is 4.72 Å². The van der Waals surface area contributed by atoms with Crippen molar-refractivity contribution in [2.24, 2.45) is 0 Å². The molecule has 0 radical (unpaired) electrons. The summed E-state index contributed by atoms with van der Waals surface area (Å²) in [4.78, 5) is 11.8. The Hall–Kier alpha value is -2.03. The Bertz CT molecular complexity index is 819. The Morgan fingerprint density at radius 2 is 2.16 bits per heavy atom. The van der Waals surface area contributed by atoms with Crippen LogP contribution in [0.15, 0.2) is 46.1 Å². The molecule has 1 atom stereocenters. The van der Waals surface area contributed by atoms with Gasteiger partial charge in [0, 0.05) is 6.42 Å². The van der Waals surface area contributed by atoms with Crippen molar-refractivity contribution < 1.29 is 27.5 Å². The molecule has 2 aromatic rings. The molecule has 0 aliphatic heterocycles. The van der Waals surface area contributed by atoms with Gasteiger partial charge in [-0.1, -0.05) is 24.6 Å². The average molecular weight is 388 g/mol. The minimum absolute atomic E-state index is 0.0413. The van der Waals surface area contributed by atoms with Gasteiger partial charge in [-0.2, -0.15) is 4.72 Å². The van der Waals surface area contributed by atoms with Gasteiger partial charge in [-0.05, 0) is 30.2 Å². The van der Waals surface area contributed by atoms with E-state index in [0.29, 0.717) is 12.0 Å². The van der Waals surface area contributed by atoms with Crippen LogP contribution in [0.5, 0.6) is 5.75 Å². The maximum atomic E-state index is 12.6. The molecule has 0 saturated heterocycles. The first-order valence-electron chi connectivity index (χ1n) is 7.52. The van der Waals surface area contributed by atoms with Crippen LogP contribution in [0, 0.1) is 0 Å². The quantitative estimate of drug-likeness (QED) is 0.674. The van der Waals surface area contributed by atoms with Gasteiger partial charge in [0.25, 0.3) is 0 Å². The van der Waals surface area contributed by atoms with Gasteiger partial charge in [0.2, 0.25) is 10.0 Å². The van der Waals surface area contributed by atoms with Crippen LogP contribution in [0.3, 0.4) is 0 Å². The Morgan fingerprint density at radius 1 is 1.40 bits per heavy atom. The number of benzene rings is 1. The summed E-state index contributed by atoms with van der Waals surface area (Å²) >= 11 is 5.76. The molecule has 0 bridgehead atoms. The Labute approximate surface area is 150 Å². The molecule has 7 nitrogen and oxygen atoms in total. The molecule has 0 aliphatic rings. The predicted molar refractivity (Wildman–Crippen MR) is 90.9 cm³/mol. The summed E-state index contributed by atoms with van der Waals surface area (Å²) in [7, 11) is -4.20. The molecular weight excluding hydrogens is 370 g/mol. The third-order valence-corrected chi connectivity index (χ3v) is 5.10. The molecule has 9 heteroatoms. The van der Waals surface area contributed by atoms with Crippen molar-refractivity contribution in [3.8, 4) is 5.75 Å². The number of carbonyl (C=O) groups is 1. The van der Waals surface area contributed by atoms with E-state index >= 15 is 0 Å². The number of hydrogen-bond donors (Lipinski definition) is 2. The van der Waals surface area contributed by atoms with Crippen molar-refractivity contribution in [3.05, 3.63) is 47.4 Å². The third-order valence-electron chi connectivity index (χ3n) is 3.29. The summed E-state index contributed by atoms with van der Waals surface area (Å²) in [6.07, 6.45) is 3.47. The maximum absolute atomic E-state index is 12.6. The molecule has 0 fully saturated rings. The summed E-state index contributed by atoms with van der Waals surface area (Å²) in [5.41, 5.74) is 0.622. The fourth-order valence-corrected chi connectivity index (χ4v) is 3.62. The molecule has 25 heavy (non-hydrogen) atoms. The van der Waals surface area contributed by atoms with Crippen LogP contribution in [0.25, 0.3) is 0 Å². The van der Waals surface area contributed by atoms with E-state index in [2.05, 4.69) is 4.72 Å². The number of carbonyl (C=O) groups excluding carboxylic acids is 1. The van der Waals surface area contributed by atoms with Gasteiger partial charge in [0.05, 0.1) is 24.2 Å². The molecular formula is C16H18ClNO6S. The number of phenols is 1. The molecule has 0 saturated carbocycles. The zero-order valence-electron chi connectivity index (χ0n) is 13.4. The Kier molecular flexibility index (Phi) is 6.46. The molecule has 2 N–H and O–H groups in total. The van der Waals surface area contributed by atoms with Crippen LogP contribution in [0.2, 0.25) is 5.02 Å². The largest absolute Gasteiger partial charge is 0.505 e. The summed E-state index contributed by atoms with van der Waals surface area (Å²) in [6, 6.07) is 4.37. The highest BCUT2D eigenvalue weighted by atomic mass is 35.5. The third kappa shape index (κ3) is 4.97. The Balaban J connectivity index is 2.27. The lowest BCUT2D eigenvalue weighted by atomic mass is 10.1. The standard InChI is InChI=1S/C16H18ClNO6S/c1-2-7-24-16(20)13(9-11-6-8-23-10-11)18-25(21,22)14-5-3-4-12(17)15(14)19/h3-6,8,10,13,18-19H,2,7,9H2,1H3. The number of phenolic OH excluding ortho intramolecular Hbond substituents is 1. The van der Waals surface area contributed by atoms with Gasteiger partial charge >= 0.3 is 5.97 Å². The van der Waals surface area contributed by atoms with E-state index in [0.717, 1.165) is 0 Å². The SMILES string of the molecule is CCCOC(=O)C(Cc1ccoc1)NS(=O)(=O)c1cccc(Cl)c1O. The lowest BCUT2D eigenvalue weighted by Gasteiger charge is -2.17. The summed E-state index contributed by atoms with van der Waals surface area (Å²) in [6.45, 7) is 2.00. The van der Waals surface area contributed by atoms with Gasteiger partial charge in [-0.25, -0.2) is 8.42 Å². The van der Waals surface area contributed by atoms with Gasteiger partial charge < -0.3 is 14.3 Å². The van der Waals surface area contributed by atoms with E-state index in [1.54, 1.807) is 6.07 Å². The van der Waals surface area contributed by atoms with Crippen LogP contribution in [-0.2, 0) is 26.0 Å². The van der Waals surface area contributed by atoms with Crippen LogP contribution in [-0.4, -0.2) is 32.1 Å². The van der Waals surface area contributed by atoms with Crippen molar-refractivity contribution >= 4 is 27.6 Å². The molecule has 0 spiro atoms. The van der Waals surface area contributed by atoms with E-state index in [1.165, 1.54) is 30.7 Å². The van der Waals surface area contributed by atoms with Crippen molar-refractivity contribution in [3.63, 3.8) is 0 Å². The molecule has 2 rings (SSSR count). The second-order valence-electron chi connectivity index (χ2n) is 5.26. The average Bonchev–Trinajstić information content (AvgIpc) is 3.07. The molecule has 1 unspecified atom stereocenters. The van der Waals surface area contributed by atoms with Crippen LogP contribution in [0.1, 0.15) is 18.9 Å². The summed E-state index contributed by atoms with van der Waals surface area (Å²) in [5.74, 6) is -1.30. The summed E-state index contributed by atoms with van der Waals surface area (Å²) in [5, 5.41) is 9.79. The fourth-order valence-electron chi connectivity index (χ4n) is 2.08. The van der Waals surface area contributed by atoms with Crippen LogP contribution in [0.4, 0.5) is 0 Å². The first-order valence-corrected chi connectivity index (χ1v) is 9.38. The zero-order chi connectivity index (χ0) is 18.4. The van der Waals surface area contributed by atoms with Gasteiger partial charge in [-0.15, -0.1) is 0 Å². The van der Waals surface area contributed by atoms with Gasteiger partial charge in [0.15, 0.2) is 5.75 Å². The molecule has 1 aromatic heterocycles. The molecule has 0 amide bonds. The number of halogens is 1. The first-order chi connectivity index (χ1) is 11.8. The van der Waals surface area contributed by atoms with E-state index in [1.807, 2.05) is 6.92 Å². The minimum atomic E-state index is -4.20. The smallest absolute Gasteiger partial charge is 0.324 e. The van der Waals surface area contributed by atoms with E-state index in [9.17, 15) is 18.3 Å². The van der Waals surface area contributed by atoms with Crippen LogP contribution >= 0.6 is 11.6 Å².